The van der Waals surface area contributed by atoms with Gasteiger partial charge in [0.15, 0.2) is 0 Å². The van der Waals surface area contributed by atoms with Crippen LogP contribution in [0.25, 0.3) is 22.5 Å². The second kappa shape index (κ2) is 12.8. The number of aliphatic carboxylic acids is 1. The number of nitrogens with zero attached hydrogens (tertiary/aromatic N) is 3. The summed E-state index contributed by atoms with van der Waals surface area (Å²) in [6, 6.07) is 20.4. The van der Waals surface area contributed by atoms with Crippen LogP contribution in [-0.2, 0) is 14.3 Å². The quantitative estimate of drug-likeness (QED) is 0.385. The SMILES string of the molecule is CC[C@@H](COCC(=O)O)OCCN(c1cnc(-c2ccccc2)c(-c2ccccc2)n1)C(C)C. The molecule has 1 N–H and O–H groups in total. The standard InChI is InChI=1S/C27H33N3O4/c1-4-23(18-33-19-25(31)32)34-16-15-30(20(2)3)24-17-28-26(21-11-7-5-8-12-21)27(29-24)22-13-9-6-10-14-22/h5-14,17,20,23H,4,15-16,18-19H2,1-3H3,(H,31,32)/t23-/m0/s1. The third-order valence-corrected chi connectivity index (χ3v) is 5.44. The largest absolute Gasteiger partial charge is 0.480 e. The van der Waals surface area contributed by atoms with Crippen LogP contribution in [0.3, 0.4) is 0 Å². The summed E-state index contributed by atoms with van der Waals surface area (Å²) in [7, 11) is 0. The van der Waals surface area contributed by atoms with Crippen molar-refractivity contribution in [3.63, 3.8) is 0 Å². The zero-order chi connectivity index (χ0) is 24.3. The Morgan fingerprint density at radius 1 is 1.00 bits per heavy atom. The van der Waals surface area contributed by atoms with E-state index in [1.807, 2.05) is 73.8 Å². The van der Waals surface area contributed by atoms with Gasteiger partial charge < -0.3 is 19.5 Å². The van der Waals surface area contributed by atoms with E-state index in [4.69, 9.17) is 24.5 Å². The molecule has 0 aliphatic rings. The molecule has 1 heterocycles. The molecule has 1 atom stereocenters. The van der Waals surface area contributed by atoms with Crippen molar-refractivity contribution >= 4 is 11.8 Å². The van der Waals surface area contributed by atoms with E-state index in [-0.39, 0.29) is 25.4 Å². The molecule has 0 saturated heterocycles. The van der Waals surface area contributed by atoms with Gasteiger partial charge in [0, 0.05) is 23.7 Å². The van der Waals surface area contributed by atoms with Crippen molar-refractivity contribution in [3.8, 4) is 22.5 Å². The lowest BCUT2D eigenvalue weighted by molar-refractivity contribution is -0.143. The van der Waals surface area contributed by atoms with Crippen molar-refractivity contribution in [2.75, 3.05) is 31.3 Å². The average molecular weight is 464 g/mol. The smallest absolute Gasteiger partial charge is 0.329 e. The Balaban J connectivity index is 1.79. The van der Waals surface area contributed by atoms with Crippen LogP contribution in [0, 0.1) is 0 Å². The zero-order valence-corrected chi connectivity index (χ0v) is 20.1. The van der Waals surface area contributed by atoms with E-state index in [1.165, 1.54) is 0 Å². The Labute approximate surface area is 201 Å². The van der Waals surface area contributed by atoms with Crippen molar-refractivity contribution in [2.24, 2.45) is 0 Å². The number of hydrogen-bond donors (Lipinski definition) is 1. The van der Waals surface area contributed by atoms with Crippen LogP contribution in [0.5, 0.6) is 0 Å². The molecule has 0 saturated carbocycles. The molecule has 7 nitrogen and oxygen atoms in total. The molecule has 180 valence electrons. The number of benzene rings is 2. The van der Waals surface area contributed by atoms with Gasteiger partial charge in [0.2, 0.25) is 0 Å². The van der Waals surface area contributed by atoms with E-state index in [0.717, 1.165) is 34.8 Å². The molecule has 0 aliphatic heterocycles. The van der Waals surface area contributed by atoms with Crippen LogP contribution >= 0.6 is 0 Å². The Kier molecular flexibility index (Phi) is 9.55. The Hall–Kier alpha value is -3.29. The first-order valence-electron chi connectivity index (χ1n) is 11.6. The number of aromatic nitrogens is 2. The lowest BCUT2D eigenvalue weighted by atomic mass is 10.0. The number of rotatable bonds is 13. The minimum atomic E-state index is -0.979. The fraction of sp³-hybridized carbons (Fsp3) is 0.370. The lowest BCUT2D eigenvalue weighted by Gasteiger charge is -2.29. The minimum absolute atomic E-state index is 0.153. The van der Waals surface area contributed by atoms with Crippen molar-refractivity contribution in [2.45, 2.75) is 39.3 Å². The first-order chi connectivity index (χ1) is 16.5. The lowest BCUT2D eigenvalue weighted by Crippen LogP contribution is -2.36. The van der Waals surface area contributed by atoms with Crippen LogP contribution in [0.4, 0.5) is 5.82 Å². The summed E-state index contributed by atoms with van der Waals surface area (Å²) in [6.07, 6.45) is 2.41. The molecule has 0 aliphatic carbocycles. The number of anilines is 1. The van der Waals surface area contributed by atoms with Gasteiger partial charge in [-0.1, -0.05) is 67.6 Å². The fourth-order valence-electron chi connectivity index (χ4n) is 3.64. The normalized spacial score (nSPS) is 12.0. The molecular weight excluding hydrogens is 430 g/mol. The number of ether oxygens (including phenoxy) is 2. The summed E-state index contributed by atoms with van der Waals surface area (Å²) < 4.78 is 11.2. The topological polar surface area (TPSA) is 84.8 Å². The monoisotopic (exact) mass is 463 g/mol. The maximum atomic E-state index is 10.7. The van der Waals surface area contributed by atoms with Crippen LogP contribution in [0.1, 0.15) is 27.2 Å². The van der Waals surface area contributed by atoms with E-state index >= 15 is 0 Å². The van der Waals surface area contributed by atoms with E-state index in [2.05, 4.69) is 18.7 Å². The van der Waals surface area contributed by atoms with Gasteiger partial charge in [-0.15, -0.1) is 0 Å². The molecule has 0 bridgehead atoms. The Morgan fingerprint density at radius 2 is 1.62 bits per heavy atom. The van der Waals surface area contributed by atoms with Gasteiger partial charge in [-0.25, -0.2) is 9.78 Å². The number of carboxylic acids is 1. The molecule has 1 aromatic heterocycles. The van der Waals surface area contributed by atoms with Crippen molar-refractivity contribution in [3.05, 3.63) is 66.9 Å². The summed E-state index contributed by atoms with van der Waals surface area (Å²) in [5, 5.41) is 8.75. The first kappa shape index (κ1) is 25.3. The zero-order valence-electron chi connectivity index (χ0n) is 20.1. The predicted molar refractivity (Wildman–Crippen MR) is 134 cm³/mol. The molecule has 3 rings (SSSR count). The highest BCUT2D eigenvalue weighted by Crippen LogP contribution is 2.30. The average Bonchev–Trinajstić information content (AvgIpc) is 2.86. The molecule has 7 heteroatoms. The van der Waals surface area contributed by atoms with E-state index in [1.54, 1.807) is 0 Å². The molecule has 0 amide bonds. The molecular formula is C27H33N3O4. The van der Waals surface area contributed by atoms with Gasteiger partial charge >= 0.3 is 5.97 Å². The second-order valence-electron chi connectivity index (χ2n) is 8.25. The van der Waals surface area contributed by atoms with Crippen LogP contribution in [0.2, 0.25) is 0 Å². The summed E-state index contributed by atoms with van der Waals surface area (Å²) in [5.74, 6) is -0.195. The maximum absolute atomic E-state index is 10.7. The second-order valence-corrected chi connectivity index (χ2v) is 8.25. The van der Waals surface area contributed by atoms with Crippen molar-refractivity contribution in [1.82, 2.24) is 9.97 Å². The Bertz CT molecular complexity index is 1030. The minimum Gasteiger partial charge on any atom is -0.480 e. The summed E-state index contributed by atoms with van der Waals surface area (Å²) in [6.45, 7) is 7.26. The molecule has 34 heavy (non-hydrogen) atoms. The number of hydrogen-bond acceptors (Lipinski definition) is 6. The van der Waals surface area contributed by atoms with Gasteiger partial charge in [0.05, 0.1) is 36.9 Å². The van der Waals surface area contributed by atoms with Crippen molar-refractivity contribution in [1.29, 1.82) is 0 Å². The van der Waals surface area contributed by atoms with Crippen LogP contribution in [0.15, 0.2) is 66.9 Å². The summed E-state index contributed by atoms with van der Waals surface area (Å²) >= 11 is 0. The third kappa shape index (κ3) is 7.10. The predicted octanol–water partition coefficient (Wildman–Crippen LogP) is 4.92. The first-order valence-corrected chi connectivity index (χ1v) is 11.6. The Morgan fingerprint density at radius 3 is 2.18 bits per heavy atom. The van der Waals surface area contributed by atoms with Crippen LogP contribution in [-0.4, -0.2) is 59.6 Å². The van der Waals surface area contributed by atoms with Crippen molar-refractivity contribution < 1.29 is 19.4 Å². The van der Waals surface area contributed by atoms with Gasteiger partial charge in [-0.05, 0) is 20.3 Å². The fourth-order valence-corrected chi connectivity index (χ4v) is 3.64. The van der Waals surface area contributed by atoms with Gasteiger partial charge in [-0.2, -0.15) is 0 Å². The van der Waals surface area contributed by atoms with Gasteiger partial charge in [-0.3, -0.25) is 4.98 Å². The number of carbonyl (C=O) groups is 1. The van der Waals surface area contributed by atoms with Gasteiger partial charge in [0.25, 0.3) is 0 Å². The molecule has 0 unspecified atom stereocenters. The third-order valence-electron chi connectivity index (χ3n) is 5.44. The van der Waals surface area contributed by atoms with Crippen LogP contribution < -0.4 is 4.90 Å². The summed E-state index contributed by atoms with van der Waals surface area (Å²) in [5.41, 5.74) is 3.71. The van der Waals surface area contributed by atoms with Gasteiger partial charge in [0.1, 0.15) is 12.4 Å². The molecule has 0 radical (unpaired) electrons. The molecule has 0 fully saturated rings. The highest BCUT2D eigenvalue weighted by molar-refractivity contribution is 5.78. The molecule has 2 aromatic carbocycles. The molecule has 0 spiro atoms. The maximum Gasteiger partial charge on any atom is 0.329 e. The highest BCUT2D eigenvalue weighted by Gasteiger charge is 2.18. The van der Waals surface area contributed by atoms with E-state index in [9.17, 15) is 4.79 Å². The highest BCUT2D eigenvalue weighted by atomic mass is 16.5. The summed E-state index contributed by atoms with van der Waals surface area (Å²) in [4.78, 5) is 22.7. The molecule has 3 aromatic rings. The van der Waals surface area contributed by atoms with E-state index in [0.29, 0.717) is 13.2 Å². The van der Waals surface area contributed by atoms with E-state index < -0.39 is 5.97 Å². The number of carboxylic acid groups (broad SMARTS) is 1.